The van der Waals surface area contributed by atoms with Crippen LogP contribution in [0.1, 0.15) is 37.1 Å². The maximum Gasteiger partial charge on any atom is 0.184 e. The smallest absolute Gasteiger partial charge is 0.184 e. The third-order valence-corrected chi connectivity index (χ3v) is 5.06. The molecule has 0 spiro atoms. The van der Waals surface area contributed by atoms with Gasteiger partial charge in [0.25, 0.3) is 0 Å². The van der Waals surface area contributed by atoms with Crippen molar-refractivity contribution in [3.05, 3.63) is 35.1 Å². The predicted octanol–water partition coefficient (Wildman–Crippen LogP) is 1.91. The molecule has 1 fully saturated rings. The Labute approximate surface area is 146 Å². The molecule has 3 rings (SSSR count). The zero-order valence-electron chi connectivity index (χ0n) is 13.3. The molecular weight excluding hydrogens is 324 g/mol. The van der Waals surface area contributed by atoms with E-state index in [2.05, 4.69) is 20.6 Å². The van der Waals surface area contributed by atoms with Crippen molar-refractivity contribution in [3.63, 3.8) is 0 Å². The van der Waals surface area contributed by atoms with E-state index < -0.39 is 0 Å². The van der Waals surface area contributed by atoms with E-state index >= 15 is 0 Å². The molecule has 7 heteroatoms. The highest BCUT2D eigenvalue weighted by molar-refractivity contribution is 6.29. The second kappa shape index (κ2) is 6.71. The van der Waals surface area contributed by atoms with E-state index in [9.17, 15) is 0 Å². The Morgan fingerprint density at radius 3 is 2.75 bits per heavy atom. The van der Waals surface area contributed by atoms with Crippen molar-refractivity contribution < 1.29 is 4.58 Å². The fourth-order valence-corrected chi connectivity index (χ4v) is 3.47. The summed E-state index contributed by atoms with van der Waals surface area (Å²) < 4.78 is 2.16. The minimum Gasteiger partial charge on any atom is -0.405 e. The molecule has 1 saturated carbocycles. The van der Waals surface area contributed by atoms with E-state index in [1.54, 1.807) is 6.08 Å². The van der Waals surface area contributed by atoms with Gasteiger partial charge in [0.05, 0.1) is 24.5 Å². The Kier molecular flexibility index (Phi) is 4.65. The van der Waals surface area contributed by atoms with Gasteiger partial charge in [0.1, 0.15) is 16.4 Å². The zero-order valence-corrected chi connectivity index (χ0v) is 14.1. The van der Waals surface area contributed by atoms with Crippen molar-refractivity contribution in [1.29, 1.82) is 5.26 Å². The van der Waals surface area contributed by atoms with Crippen LogP contribution >= 0.6 is 11.6 Å². The van der Waals surface area contributed by atoms with Gasteiger partial charge in [0, 0.05) is 18.8 Å². The molecule has 1 aromatic heterocycles. The number of rotatable bonds is 4. The number of nitrogens with two attached hydrogens (primary N) is 2. The molecule has 0 bridgehead atoms. The summed E-state index contributed by atoms with van der Waals surface area (Å²) >= 11 is 5.98. The lowest BCUT2D eigenvalue weighted by molar-refractivity contribution is -0.553. The fraction of sp³-hybridized carbons (Fsp3) is 0.412. The van der Waals surface area contributed by atoms with Gasteiger partial charge >= 0.3 is 0 Å². The first-order valence-corrected chi connectivity index (χ1v) is 8.36. The fourth-order valence-electron chi connectivity index (χ4n) is 3.34. The lowest BCUT2D eigenvalue weighted by Gasteiger charge is -2.35. The SMILES string of the molecule is N#CC1CCC(CN)([N+]2=CC(c3nc(Cl)cnc3C=CN)=C2)CC1. The Bertz CT molecular complexity index is 766. The highest BCUT2D eigenvalue weighted by atomic mass is 35.5. The highest BCUT2D eigenvalue weighted by Crippen LogP contribution is 2.37. The van der Waals surface area contributed by atoms with Crippen molar-refractivity contribution in [2.24, 2.45) is 17.4 Å². The van der Waals surface area contributed by atoms with Crippen molar-refractivity contribution in [2.75, 3.05) is 6.54 Å². The number of nitriles is 1. The first-order valence-electron chi connectivity index (χ1n) is 7.98. The maximum atomic E-state index is 9.08. The van der Waals surface area contributed by atoms with Gasteiger partial charge in [-0.1, -0.05) is 11.6 Å². The summed E-state index contributed by atoms with van der Waals surface area (Å²) in [5, 5.41) is 9.43. The van der Waals surface area contributed by atoms with Crippen molar-refractivity contribution in [2.45, 2.75) is 31.2 Å². The van der Waals surface area contributed by atoms with Crippen molar-refractivity contribution >= 4 is 29.5 Å². The number of halogens is 1. The van der Waals surface area contributed by atoms with Crippen LogP contribution in [0, 0.1) is 17.2 Å². The largest absolute Gasteiger partial charge is 0.405 e. The molecule has 0 unspecified atom stereocenters. The molecule has 24 heavy (non-hydrogen) atoms. The lowest BCUT2D eigenvalue weighted by Crippen LogP contribution is -2.51. The van der Waals surface area contributed by atoms with Crippen LogP contribution in [-0.4, -0.2) is 32.8 Å². The summed E-state index contributed by atoms with van der Waals surface area (Å²) in [5.74, 6) is 0.148. The molecule has 1 aromatic rings. The number of allylic oxidation sites excluding steroid dienone is 1. The first kappa shape index (κ1) is 16.6. The number of hydrogen-bond donors (Lipinski definition) is 2. The third kappa shape index (κ3) is 2.93. The highest BCUT2D eigenvalue weighted by Gasteiger charge is 2.46. The van der Waals surface area contributed by atoms with Gasteiger partial charge in [-0.05, 0) is 25.1 Å². The number of nitrogens with zero attached hydrogens (tertiary/aromatic N) is 4. The molecule has 2 heterocycles. The van der Waals surface area contributed by atoms with Crippen LogP contribution < -0.4 is 11.5 Å². The first-order chi connectivity index (χ1) is 11.6. The molecule has 4 N–H and O–H groups in total. The molecular formula is C17H20ClN6+. The van der Waals surface area contributed by atoms with Crippen LogP contribution in [0.4, 0.5) is 0 Å². The molecule has 0 amide bonds. The minimum absolute atomic E-state index is 0.104. The van der Waals surface area contributed by atoms with Gasteiger partial charge < -0.3 is 11.5 Å². The van der Waals surface area contributed by atoms with Gasteiger partial charge in [0.2, 0.25) is 0 Å². The van der Waals surface area contributed by atoms with Crippen LogP contribution in [0.2, 0.25) is 5.15 Å². The Morgan fingerprint density at radius 1 is 1.46 bits per heavy atom. The van der Waals surface area contributed by atoms with Gasteiger partial charge in [-0.2, -0.15) is 9.84 Å². The predicted molar refractivity (Wildman–Crippen MR) is 93.9 cm³/mol. The van der Waals surface area contributed by atoms with Gasteiger partial charge in [-0.15, -0.1) is 0 Å². The lowest BCUT2D eigenvalue weighted by atomic mass is 9.76. The molecule has 0 saturated heterocycles. The average Bonchev–Trinajstić information content (AvgIpc) is 2.56. The summed E-state index contributed by atoms with van der Waals surface area (Å²) in [6, 6.07) is 2.37. The van der Waals surface area contributed by atoms with E-state index in [-0.39, 0.29) is 11.5 Å². The van der Waals surface area contributed by atoms with Gasteiger partial charge in [-0.3, -0.25) is 4.98 Å². The molecule has 0 aromatic carbocycles. The summed E-state index contributed by atoms with van der Waals surface area (Å²) in [6.45, 7) is 0.558. The second-order valence-electron chi connectivity index (χ2n) is 6.24. The van der Waals surface area contributed by atoms with Crippen LogP contribution in [0.3, 0.4) is 0 Å². The van der Waals surface area contributed by atoms with E-state index in [1.165, 1.54) is 12.4 Å². The monoisotopic (exact) mass is 343 g/mol. The number of hydrogen-bond acceptors (Lipinski definition) is 5. The van der Waals surface area contributed by atoms with E-state index in [4.69, 9.17) is 28.3 Å². The van der Waals surface area contributed by atoms with Gasteiger partial charge in [0.15, 0.2) is 18.0 Å². The van der Waals surface area contributed by atoms with E-state index in [1.807, 2.05) is 12.4 Å². The molecule has 6 nitrogen and oxygen atoms in total. The average molecular weight is 344 g/mol. The summed E-state index contributed by atoms with van der Waals surface area (Å²) in [4.78, 5) is 8.63. The van der Waals surface area contributed by atoms with Crippen molar-refractivity contribution in [1.82, 2.24) is 9.97 Å². The van der Waals surface area contributed by atoms with E-state index in [0.29, 0.717) is 23.1 Å². The van der Waals surface area contributed by atoms with Crippen LogP contribution in [0.5, 0.6) is 0 Å². The Hall–Kier alpha value is -2.23. The molecule has 1 aliphatic carbocycles. The van der Waals surface area contributed by atoms with Crippen LogP contribution in [0.25, 0.3) is 11.6 Å². The second-order valence-corrected chi connectivity index (χ2v) is 6.63. The Balaban J connectivity index is 1.82. The van der Waals surface area contributed by atoms with Crippen LogP contribution in [-0.2, 0) is 0 Å². The zero-order chi connectivity index (χ0) is 17.2. The standard InChI is InChI=1S/C17H20ClN6/c18-15-8-22-14(3-6-19)16(23-15)13-9-24(10-13)17(11-21)4-1-12(7-20)2-5-17/h3,6,8-10,12H,1-2,4-5,11,19,21H2/q+1. The normalized spacial score (nSPS) is 26.5. The number of aromatic nitrogens is 2. The topological polar surface area (TPSA) is 105 Å². The van der Waals surface area contributed by atoms with E-state index in [0.717, 1.165) is 31.3 Å². The van der Waals surface area contributed by atoms with Crippen LogP contribution in [0.15, 0.2) is 18.6 Å². The summed E-state index contributed by atoms with van der Waals surface area (Å²) in [6.07, 6.45) is 12.3. The minimum atomic E-state index is -0.104. The molecule has 124 valence electrons. The maximum absolute atomic E-state index is 9.08. The van der Waals surface area contributed by atoms with Gasteiger partial charge in [-0.25, -0.2) is 4.98 Å². The quantitative estimate of drug-likeness (QED) is 0.812. The van der Waals surface area contributed by atoms with Crippen molar-refractivity contribution in [3.8, 4) is 6.07 Å². The summed E-state index contributed by atoms with van der Waals surface area (Å²) in [7, 11) is 0. The summed E-state index contributed by atoms with van der Waals surface area (Å²) in [5.41, 5.74) is 13.8. The molecule has 1 aliphatic heterocycles. The molecule has 2 aliphatic rings. The third-order valence-electron chi connectivity index (χ3n) is 4.88. The molecule has 0 atom stereocenters. The molecule has 0 radical (unpaired) electrons. The Morgan fingerprint density at radius 2 is 2.17 bits per heavy atom.